The van der Waals surface area contributed by atoms with E-state index in [0.29, 0.717) is 17.4 Å². The number of anilines is 1. The third-order valence-electron chi connectivity index (χ3n) is 3.74. The van der Waals surface area contributed by atoms with E-state index in [-0.39, 0.29) is 12.5 Å². The van der Waals surface area contributed by atoms with E-state index in [1.807, 2.05) is 42.5 Å². The number of halogens is 2. The van der Waals surface area contributed by atoms with E-state index in [2.05, 4.69) is 4.99 Å². The lowest BCUT2D eigenvalue weighted by Crippen LogP contribution is -2.33. The fraction of sp³-hybridized carbons (Fsp3) is 0.222. The zero-order valence-corrected chi connectivity index (χ0v) is 14.0. The van der Waals surface area contributed by atoms with Crippen LogP contribution in [0.25, 0.3) is 0 Å². The number of benzene rings is 2. The van der Waals surface area contributed by atoms with Crippen molar-refractivity contribution >= 4 is 40.5 Å². The van der Waals surface area contributed by atoms with Gasteiger partial charge in [-0.2, -0.15) is 0 Å². The van der Waals surface area contributed by atoms with Crippen LogP contribution in [0.4, 0.5) is 5.69 Å². The molecule has 3 rings (SSSR count). The maximum Gasteiger partial charge on any atom is 0.248 e. The van der Waals surface area contributed by atoms with E-state index in [0.717, 1.165) is 28.9 Å². The van der Waals surface area contributed by atoms with Gasteiger partial charge in [-0.05, 0) is 24.6 Å². The number of carbonyl (C=O) groups is 1. The standard InChI is InChI=1S/C18H16Cl2N2O/c19-9-4-10-22-16-8-7-14(20)11-15(16)18(21-12-17(22)23)13-5-2-1-3-6-13/h1-3,5-8,11H,4,9-10,12H2. The molecule has 0 radical (unpaired) electrons. The van der Waals surface area contributed by atoms with Gasteiger partial charge < -0.3 is 4.90 Å². The molecule has 0 saturated heterocycles. The zero-order chi connectivity index (χ0) is 16.2. The maximum absolute atomic E-state index is 12.5. The van der Waals surface area contributed by atoms with Crippen LogP contribution >= 0.6 is 23.2 Å². The van der Waals surface area contributed by atoms with Gasteiger partial charge in [0.05, 0.1) is 11.4 Å². The molecule has 0 aromatic heterocycles. The summed E-state index contributed by atoms with van der Waals surface area (Å²) in [6.07, 6.45) is 0.732. The van der Waals surface area contributed by atoms with Crippen molar-refractivity contribution in [1.29, 1.82) is 0 Å². The molecule has 0 aliphatic carbocycles. The van der Waals surface area contributed by atoms with Crippen LogP contribution in [0.1, 0.15) is 17.5 Å². The number of aliphatic imine (C=N–C) groups is 1. The minimum Gasteiger partial charge on any atom is -0.310 e. The molecular weight excluding hydrogens is 331 g/mol. The molecule has 23 heavy (non-hydrogen) atoms. The Morgan fingerprint density at radius 1 is 1.13 bits per heavy atom. The number of rotatable bonds is 4. The van der Waals surface area contributed by atoms with Crippen molar-refractivity contribution in [3.8, 4) is 0 Å². The summed E-state index contributed by atoms with van der Waals surface area (Å²) in [6.45, 7) is 0.702. The van der Waals surface area contributed by atoms with E-state index in [9.17, 15) is 4.79 Å². The van der Waals surface area contributed by atoms with Gasteiger partial charge in [-0.25, -0.2) is 0 Å². The molecule has 3 nitrogen and oxygen atoms in total. The minimum atomic E-state index is -0.0235. The summed E-state index contributed by atoms with van der Waals surface area (Å²) >= 11 is 12.0. The lowest BCUT2D eigenvalue weighted by Gasteiger charge is -2.23. The van der Waals surface area contributed by atoms with Crippen molar-refractivity contribution in [3.05, 3.63) is 64.7 Å². The van der Waals surface area contributed by atoms with Crippen LogP contribution in [0.2, 0.25) is 5.02 Å². The van der Waals surface area contributed by atoms with E-state index in [4.69, 9.17) is 23.2 Å². The molecule has 1 aliphatic heterocycles. The fourth-order valence-electron chi connectivity index (χ4n) is 2.69. The van der Waals surface area contributed by atoms with Gasteiger partial charge in [-0.3, -0.25) is 9.79 Å². The van der Waals surface area contributed by atoms with Gasteiger partial charge in [0.2, 0.25) is 5.91 Å². The highest BCUT2D eigenvalue weighted by atomic mass is 35.5. The summed E-state index contributed by atoms with van der Waals surface area (Å²) in [6, 6.07) is 15.4. The largest absolute Gasteiger partial charge is 0.310 e. The summed E-state index contributed by atoms with van der Waals surface area (Å²) in [5, 5.41) is 0.624. The molecule has 0 saturated carbocycles. The molecule has 0 N–H and O–H groups in total. The first-order chi connectivity index (χ1) is 11.2. The molecule has 1 amide bonds. The molecule has 2 aromatic carbocycles. The predicted molar refractivity (Wildman–Crippen MR) is 96.1 cm³/mol. The number of alkyl halides is 1. The van der Waals surface area contributed by atoms with Crippen molar-refractivity contribution in [3.63, 3.8) is 0 Å². The Morgan fingerprint density at radius 3 is 2.65 bits per heavy atom. The Hall–Kier alpha value is -1.84. The summed E-state index contributed by atoms with van der Waals surface area (Å²) in [5.41, 5.74) is 3.49. The van der Waals surface area contributed by atoms with Crippen molar-refractivity contribution in [2.45, 2.75) is 6.42 Å². The van der Waals surface area contributed by atoms with E-state index in [1.54, 1.807) is 11.0 Å². The number of fused-ring (bicyclic) bond motifs is 1. The van der Waals surface area contributed by atoms with Crippen LogP contribution in [-0.4, -0.2) is 30.6 Å². The highest BCUT2D eigenvalue weighted by Crippen LogP contribution is 2.29. The molecular formula is C18H16Cl2N2O. The number of hydrogen-bond acceptors (Lipinski definition) is 2. The normalized spacial score (nSPS) is 14.3. The van der Waals surface area contributed by atoms with Crippen LogP contribution in [0.3, 0.4) is 0 Å². The minimum absolute atomic E-state index is 0.0235. The second kappa shape index (κ2) is 7.16. The molecule has 2 aromatic rings. The first-order valence-electron chi connectivity index (χ1n) is 7.47. The molecule has 5 heteroatoms. The number of amides is 1. The molecule has 0 bridgehead atoms. The molecule has 1 heterocycles. The van der Waals surface area contributed by atoms with Crippen LogP contribution in [0.5, 0.6) is 0 Å². The summed E-state index contributed by atoms with van der Waals surface area (Å²) < 4.78 is 0. The first kappa shape index (κ1) is 16.0. The van der Waals surface area contributed by atoms with E-state index in [1.165, 1.54) is 0 Å². The van der Waals surface area contributed by atoms with E-state index >= 15 is 0 Å². The van der Waals surface area contributed by atoms with E-state index < -0.39 is 0 Å². The third kappa shape index (κ3) is 3.41. The highest BCUT2D eigenvalue weighted by molar-refractivity contribution is 6.32. The van der Waals surface area contributed by atoms with Crippen molar-refractivity contribution in [2.24, 2.45) is 4.99 Å². The topological polar surface area (TPSA) is 32.7 Å². The summed E-state index contributed by atoms with van der Waals surface area (Å²) in [5.74, 6) is 0.489. The second-order valence-corrected chi connectivity index (χ2v) is 6.09. The Morgan fingerprint density at radius 2 is 1.91 bits per heavy atom. The Labute approximate surface area is 145 Å². The van der Waals surface area contributed by atoms with Crippen LogP contribution in [-0.2, 0) is 4.79 Å². The molecule has 0 fully saturated rings. The Kier molecular flexibility index (Phi) is 4.99. The SMILES string of the molecule is O=C1CN=C(c2ccccc2)c2cc(Cl)ccc2N1CCCCl. The number of nitrogens with zero attached hydrogens (tertiary/aromatic N) is 2. The van der Waals surface area contributed by atoms with Gasteiger partial charge in [-0.15, -0.1) is 11.6 Å². The highest BCUT2D eigenvalue weighted by Gasteiger charge is 2.24. The molecule has 118 valence electrons. The third-order valence-corrected chi connectivity index (χ3v) is 4.24. The summed E-state index contributed by atoms with van der Waals surface area (Å²) in [4.78, 5) is 18.8. The quantitative estimate of drug-likeness (QED) is 0.765. The van der Waals surface area contributed by atoms with Crippen LogP contribution in [0.15, 0.2) is 53.5 Å². The number of hydrogen-bond donors (Lipinski definition) is 0. The molecule has 0 atom stereocenters. The Bertz CT molecular complexity index is 744. The van der Waals surface area contributed by atoms with Gasteiger partial charge in [0.25, 0.3) is 0 Å². The lowest BCUT2D eigenvalue weighted by atomic mass is 10.00. The van der Waals surface area contributed by atoms with Gasteiger partial charge >= 0.3 is 0 Å². The first-order valence-corrected chi connectivity index (χ1v) is 8.38. The molecule has 0 unspecified atom stereocenters. The average Bonchev–Trinajstić information content (AvgIpc) is 2.70. The van der Waals surface area contributed by atoms with Gasteiger partial charge in [0, 0.05) is 28.6 Å². The second-order valence-electron chi connectivity index (χ2n) is 5.28. The van der Waals surface area contributed by atoms with Gasteiger partial charge in [0.1, 0.15) is 6.54 Å². The predicted octanol–water partition coefficient (Wildman–Crippen LogP) is 4.15. The maximum atomic E-state index is 12.5. The van der Waals surface area contributed by atoms with Crippen molar-refractivity contribution < 1.29 is 4.79 Å². The lowest BCUT2D eigenvalue weighted by molar-refractivity contribution is -0.117. The zero-order valence-electron chi connectivity index (χ0n) is 12.5. The fourth-order valence-corrected chi connectivity index (χ4v) is 2.98. The average molecular weight is 347 g/mol. The van der Waals surface area contributed by atoms with Gasteiger partial charge in [-0.1, -0.05) is 41.9 Å². The monoisotopic (exact) mass is 346 g/mol. The smallest absolute Gasteiger partial charge is 0.248 e. The van der Waals surface area contributed by atoms with Crippen LogP contribution < -0.4 is 4.90 Å². The van der Waals surface area contributed by atoms with Crippen molar-refractivity contribution in [1.82, 2.24) is 0 Å². The summed E-state index contributed by atoms with van der Waals surface area (Å²) in [7, 11) is 0. The van der Waals surface area contributed by atoms with Crippen LogP contribution in [0, 0.1) is 0 Å². The van der Waals surface area contributed by atoms with Gasteiger partial charge in [0.15, 0.2) is 0 Å². The number of benzodiazepines with no additional fused rings is 1. The Balaban J connectivity index is 2.12. The molecule has 1 aliphatic rings. The molecule has 0 spiro atoms. The number of carbonyl (C=O) groups excluding carboxylic acids is 1. The van der Waals surface area contributed by atoms with Crippen molar-refractivity contribution in [2.75, 3.05) is 23.9 Å².